The topological polar surface area (TPSA) is 118 Å². The largest absolute Gasteiger partial charge is 0.356 e. The summed E-state index contributed by atoms with van der Waals surface area (Å²) < 4.78 is 51.0. The van der Waals surface area contributed by atoms with Crippen LogP contribution < -0.4 is 15.4 Å². The summed E-state index contributed by atoms with van der Waals surface area (Å²) in [5.41, 5.74) is 0.950. The quantitative estimate of drug-likeness (QED) is 0.616. The molecule has 0 unspecified atom stereocenters. The summed E-state index contributed by atoms with van der Waals surface area (Å²) in [5.74, 6) is -3.03. The van der Waals surface area contributed by atoms with Gasteiger partial charge in [0.2, 0.25) is 15.9 Å². The van der Waals surface area contributed by atoms with E-state index in [0.717, 1.165) is 0 Å². The van der Waals surface area contributed by atoms with Gasteiger partial charge < -0.3 is 10.2 Å². The van der Waals surface area contributed by atoms with E-state index in [1.54, 1.807) is 29.4 Å². The molecule has 0 radical (unpaired) electrons. The van der Waals surface area contributed by atoms with E-state index in [0.29, 0.717) is 17.4 Å². The number of nitrogens with zero attached hydrogens (tertiary/aromatic N) is 3. The number of hydrogen-bond donors (Lipinski definition) is 2. The first kappa shape index (κ1) is 22.0. The summed E-state index contributed by atoms with van der Waals surface area (Å²) in [5, 5.41) is 8.48. The summed E-state index contributed by atoms with van der Waals surface area (Å²) in [6, 6.07) is 8.87. The number of anilines is 2. The average Bonchev–Trinajstić information content (AvgIpc) is 2.92. The van der Waals surface area contributed by atoms with Crippen molar-refractivity contribution in [2.45, 2.75) is 30.1 Å². The van der Waals surface area contributed by atoms with Crippen molar-refractivity contribution in [3.05, 3.63) is 54.4 Å². The number of primary sulfonamides is 1. The molecule has 0 atom stereocenters. The molecule has 3 aromatic rings. The Hall–Kier alpha value is -3.18. The van der Waals surface area contributed by atoms with Crippen LogP contribution in [0.25, 0.3) is 10.9 Å². The standard InChI is InChI=1S/C21H21F2N5O3S/c22-21(23)6-2-9-28(10-7-21)19-17(11-14-5-8-25-13-18(14)27-19)20(29)26-15-3-1-4-16(12-15)32(24,30)31/h1,3-5,8,11-13H,2,6-7,9-10H2,(H,26,29)(H2,24,30,31). The van der Waals surface area contributed by atoms with Crippen LogP contribution in [0.4, 0.5) is 20.3 Å². The van der Waals surface area contributed by atoms with Crippen molar-refractivity contribution >= 4 is 38.3 Å². The Bertz CT molecular complexity index is 1280. The maximum Gasteiger partial charge on any atom is 0.259 e. The van der Waals surface area contributed by atoms with E-state index in [2.05, 4.69) is 15.3 Å². The van der Waals surface area contributed by atoms with E-state index in [1.807, 2.05) is 0 Å². The first-order valence-electron chi connectivity index (χ1n) is 9.94. The highest BCUT2D eigenvalue weighted by molar-refractivity contribution is 7.89. The normalized spacial score (nSPS) is 16.5. The van der Waals surface area contributed by atoms with E-state index in [1.165, 1.54) is 24.3 Å². The van der Waals surface area contributed by atoms with Gasteiger partial charge in [-0.25, -0.2) is 27.3 Å². The summed E-state index contributed by atoms with van der Waals surface area (Å²) in [6.07, 6.45) is 2.81. The van der Waals surface area contributed by atoms with Crippen LogP contribution in [0.5, 0.6) is 0 Å². The highest BCUT2D eigenvalue weighted by atomic mass is 32.2. The van der Waals surface area contributed by atoms with E-state index in [-0.39, 0.29) is 47.8 Å². The third-order valence-corrected chi connectivity index (χ3v) is 6.19. The summed E-state index contributed by atoms with van der Waals surface area (Å²) in [6.45, 7) is 0.377. The number of benzene rings is 1. The van der Waals surface area contributed by atoms with Crippen molar-refractivity contribution in [3.8, 4) is 0 Å². The van der Waals surface area contributed by atoms with Crippen LogP contribution >= 0.6 is 0 Å². The minimum absolute atomic E-state index is 0.0486. The molecule has 3 heterocycles. The van der Waals surface area contributed by atoms with Crippen LogP contribution in [0.1, 0.15) is 29.6 Å². The maximum absolute atomic E-state index is 13.9. The number of aromatic nitrogens is 2. The van der Waals surface area contributed by atoms with Crippen molar-refractivity contribution in [3.63, 3.8) is 0 Å². The van der Waals surface area contributed by atoms with Gasteiger partial charge in [-0.1, -0.05) is 6.07 Å². The van der Waals surface area contributed by atoms with Gasteiger partial charge in [0, 0.05) is 43.2 Å². The van der Waals surface area contributed by atoms with E-state index in [4.69, 9.17) is 5.14 Å². The molecule has 1 aliphatic rings. The van der Waals surface area contributed by atoms with Crippen molar-refractivity contribution in [2.24, 2.45) is 5.14 Å². The van der Waals surface area contributed by atoms with Crippen LogP contribution in [0, 0.1) is 0 Å². The third kappa shape index (κ3) is 4.83. The SMILES string of the molecule is NS(=O)(=O)c1cccc(NC(=O)c2cc3ccncc3nc2N2CCCC(F)(F)CC2)c1. The lowest BCUT2D eigenvalue weighted by molar-refractivity contribution is -0.0102. The Morgan fingerprint density at radius 1 is 1.16 bits per heavy atom. The Morgan fingerprint density at radius 3 is 2.75 bits per heavy atom. The fourth-order valence-electron chi connectivity index (χ4n) is 3.64. The van der Waals surface area contributed by atoms with Gasteiger partial charge in [0.1, 0.15) is 5.82 Å². The Balaban J connectivity index is 1.72. The van der Waals surface area contributed by atoms with Crippen molar-refractivity contribution in [1.82, 2.24) is 9.97 Å². The number of alkyl halides is 2. The number of fused-ring (bicyclic) bond motifs is 1. The zero-order valence-corrected chi connectivity index (χ0v) is 17.8. The predicted octanol–water partition coefficient (Wildman–Crippen LogP) is 3.16. The molecule has 11 heteroatoms. The zero-order chi connectivity index (χ0) is 22.9. The fourth-order valence-corrected chi connectivity index (χ4v) is 4.20. The number of halogens is 2. The maximum atomic E-state index is 13.9. The number of nitrogens with two attached hydrogens (primary N) is 1. The molecule has 0 aliphatic carbocycles. The lowest BCUT2D eigenvalue weighted by Gasteiger charge is -2.24. The lowest BCUT2D eigenvalue weighted by atomic mass is 10.1. The second kappa shape index (κ2) is 8.40. The van der Waals surface area contributed by atoms with Gasteiger partial charge in [-0.15, -0.1) is 0 Å². The predicted molar refractivity (Wildman–Crippen MR) is 116 cm³/mol. The van der Waals surface area contributed by atoms with Gasteiger partial charge in [-0.05, 0) is 36.8 Å². The highest BCUT2D eigenvalue weighted by Crippen LogP contribution is 2.32. The Kier molecular flexibility index (Phi) is 5.78. The van der Waals surface area contributed by atoms with Gasteiger partial charge in [-0.2, -0.15) is 0 Å². The molecule has 8 nitrogen and oxygen atoms in total. The monoisotopic (exact) mass is 461 g/mol. The second-order valence-corrected chi connectivity index (χ2v) is 9.21. The summed E-state index contributed by atoms with van der Waals surface area (Å²) in [7, 11) is -3.94. The summed E-state index contributed by atoms with van der Waals surface area (Å²) >= 11 is 0. The molecule has 3 N–H and O–H groups in total. The molecule has 1 fully saturated rings. The average molecular weight is 461 g/mol. The van der Waals surface area contributed by atoms with Crippen molar-refractivity contribution < 1.29 is 22.0 Å². The molecule has 168 valence electrons. The fraction of sp³-hybridized carbons (Fsp3) is 0.286. The molecular weight excluding hydrogens is 440 g/mol. The molecule has 32 heavy (non-hydrogen) atoms. The molecule has 0 spiro atoms. The minimum atomic E-state index is -3.94. The lowest BCUT2D eigenvalue weighted by Crippen LogP contribution is -2.29. The van der Waals surface area contributed by atoms with Crippen LogP contribution in [0.3, 0.4) is 0 Å². The minimum Gasteiger partial charge on any atom is -0.356 e. The van der Waals surface area contributed by atoms with E-state index >= 15 is 0 Å². The van der Waals surface area contributed by atoms with Gasteiger partial charge in [-0.3, -0.25) is 9.78 Å². The number of amides is 1. The highest BCUT2D eigenvalue weighted by Gasteiger charge is 2.33. The Morgan fingerprint density at radius 2 is 1.97 bits per heavy atom. The molecule has 1 aliphatic heterocycles. The molecule has 0 bridgehead atoms. The molecule has 1 aromatic carbocycles. The molecule has 4 rings (SSSR count). The zero-order valence-electron chi connectivity index (χ0n) is 17.0. The molecular formula is C21H21F2N5O3S. The summed E-state index contributed by atoms with van der Waals surface area (Å²) in [4.78, 5) is 23.3. The van der Waals surface area contributed by atoms with Crippen LogP contribution in [0.2, 0.25) is 0 Å². The van der Waals surface area contributed by atoms with E-state index < -0.39 is 21.9 Å². The van der Waals surface area contributed by atoms with E-state index in [9.17, 15) is 22.0 Å². The van der Waals surface area contributed by atoms with Gasteiger partial charge in [0.05, 0.1) is 22.2 Å². The van der Waals surface area contributed by atoms with Gasteiger partial charge >= 0.3 is 0 Å². The van der Waals surface area contributed by atoms with Crippen molar-refractivity contribution in [1.29, 1.82) is 0 Å². The molecule has 0 saturated carbocycles. The number of sulfonamides is 1. The molecule has 1 amide bonds. The second-order valence-electron chi connectivity index (χ2n) is 7.65. The Labute approximate surface area is 183 Å². The number of hydrogen-bond acceptors (Lipinski definition) is 6. The molecule has 1 saturated heterocycles. The number of rotatable bonds is 4. The van der Waals surface area contributed by atoms with Crippen LogP contribution in [0.15, 0.2) is 53.7 Å². The number of carbonyl (C=O) groups excluding carboxylic acids is 1. The number of pyridine rings is 2. The first-order valence-corrected chi connectivity index (χ1v) is 11.5. The number of nitrogens with one attached hydrogen (secondary N) is 1. The first-order chi connectivity index (χ1) is 15.1. The van der Waals surface area contributed by atoms with Gasteiger partial charge in [0.25, 0.3) is 5.91 Å². The smallest absolute Gasteiger partial charge is 0.259 e. The third-order valence-electron chi connectivity index (χ3n) is 5.28. The molecule has 2 aromatic heterocycles. The van der Waals surface area contributed by atoms with Crippen LogP contribution in [-0.4, -0.2) is 43.3 Å². The number of carbonyl (C=O) groups is 1. The van der Waals surface area contributed by atoms with Crippen LogP contribution in [-0.2, 0) is 10.0 Å². The van der Waals surface area contributed by atoms with Gasteiger partial charge in [0.15, 0.2) is 0 Å². The van der Waals surface area contributed by atoms with Crippen molar-refractivity contribution in [2.75, 3.05) is 23.3 Å².